The number of carbonyl (C=O) groups is 1. The van der Waals surface area contributed by atoms with Crippen molar-refractivity contribution in [3.05, 3.63) is 53.6 Å². The van der Waals surface area contributed by atoms with Gasteiger partial charge < -0.3 is 14.8 Å². The predicted molar refractivity (Wildman–Crippen MR) is 91.2 cm³/mol. The largest absolute Gasteiger partial charge is 0.497 e. The standard InChI is InChI=1S/C17H19NO3S/c1-20-14-7-8-16(21-2)15(10-14)18-17(19)13-6-4-5-12(9-13)11-22-3/h4-10H,11H2,1-3H3,(H,18,19). The average molecular weight is 317 g/mol. The highest BCUT2D eigenvalue weighted by Gasteiger charge is 2.11. The minimum absolute atomic E-state index is 0.172. The van der Waals surface area contributed by atoms with Crippen LogP contribution in [0.3, 0.4) is 0 Å². The number of nitrogens with one attached hydrogen (secondary N) is 1. The molecule has 2 rings (SSSR count). The molecule has 0 aliphatic rings. The molecule has 0 saturated heterocycles. The summed E-state index contributed by atoms with van der Waals surface area (Å²) >= 11 is 1.72. The summed E-state index contributed by atoms with van der Waals surface area (Å²) in [5.41, 5.74) is 2.33. The monoisotopic (exact) mass is 317 g/mol. The highest BCUT2D eigenvalue weighted by atomic mass is 32.2. The molecule has 0 spiro atoms. The van der Waals surface area contributed by atoms with Gasteiger partial charge in [-0.15, -0.1) is 0 Å². The van der Waals surface area contributed by atoms with Gasteiger partial charge >= 0.3 is 0 Å². The Hall–Kier alpha value is -2.14. The fraction of sp³-hybridized carbons (Fsp3) is 0.235. The summed E-state index contributed by atoms with van der Waals surface area (Å²) in [5, 5.41) is 2.87. The normalized spacial score (nSPS) is 10.1. The van der Waals surface area contributed by atoms with Crippen LogP contribution in [-0.4, -0.2) is 26.4 Å². The molecule has 0 bridgehead atoms. The number of hydrogen-bond donors (Lipinski definition) is 1. The molecule has 22 heavy (non-hydrogen) atoms. The second-order valence-electron chi connectivity index (χ2n) is 4.65. The number of methoxy groups -OCH3 is 2. The van der Waals surface area contributed by atoms with Crippen molar-refractivity contribution in [1.29, 1.82) is 0 Å². The quantitative estimate of drug-likeness (QED) is 0.880. The van der Waals surface area contributed by atoms with E-state index in [0.717, 1.165) is 11.3 Å². The van der Waals surface area contributed by atoms with Crippen LogP contribution in [0.25, 0.3) is 0 Å². The maximum atomic E-state index is 12.4. The maximum Gasteiger partial charge on any atom is 0.255 e. The van der Waals surface area contributed by atoms with Gasteiger partial charge in [0.1, 0.15) is 11.5 Å². The number of thioether (sulfide) groups is 1. The fourth-order valence-corrected chi connectivity index (χ4v) is 2.59. The third kappa shape index (κ3) is 3.95. The zero-order valence-electron chi connectivity index (χ0n) is 12.9. The van der Waals surface area contributed by atoms with Crippen LogP contribution in [0.4, 0.5) is 5.69 Å². The molecule has 5 heteroatoms. The van der Waals surface area contributed by atoms with Crippen molar-refractivity contribution in [1.82, 2.24) is 0 Å². The van der Waals surface area contributed by atoms with Crippen molar-refractivity contribution in [2.75, 3.05) is 25.8 Å². The molecule has 2 aromatic rings. The Kier molecular flexibility index (Phi) is 5.72. The molecule has 1 N–H and O–H groups in total. The molecule has 0 heterocycles. The van der Waals surface area contributed by atoms with Crippen LogP contribution in [-0.2, 0) is 5.75 Å². The second kappa shape index (κ2) is 7.75. The summed E-state index contributed by atoms with van der Waals surface area (Å²) in [7, 11) is 3.15. The van der Waals surface area contributed by atoms with Crippen LogP contribution in [0.5, 0.6) is 11.5 Å². The van der Waals surface area contributed by atoms with Crippen molar-refractivity contribution >= 4 is 23.4 Å². The first-order valence-electron chi connectivity index (χ1n) is 6.79. The van der Waals surface area contributed by atoms with E-state index in [1.165, 1.54) is 0 Å². The number of benzene rings is 2. The molecule has 4 nitrogen and oxygen atoms in total. The Morgan fingerprint density at radius 2 is 1.95 bits per heavy atom. The van der Waals surface area contributed by atoms with E-state index in [1.807, 2.05) is 24.5 Å². The lowest BCUT2D eigenvalue weighted by Crippen LogP contribution is -2.13. The van der Waals surface area contributed by atoms with Gasteiger partial charge in [-0.2, -0.15) is 11.8 Å². The Morgan fingerprint density at radius 1 is 1.14 bits per heavy atom. The third-order valence-electron chi connectivity index (χ3n) is 3.16. The number of anilines is 1. The molecule has 116 valence electrons. The van der Waals surface area contributed by atoms with Crippen LogP contribution >= 0.6 is 11.8 Å². The van der Waals surface area contributed by atoms with Gasteiger partial charge in [0.25, 0.3) is 5.91 Å². The van der Waals surface area contributed by atoms with E-state index in [9.17, 15) is 4.79 Å². The summed E-state index contributed by atoms with van der Waals surface area (Å²) in [6, 6.07) is 12.9. The molecular weight excluding hydrogens is 298 g/mol. The zero-order valence-corrected chi connectivity index (χ0v) is 13.7. The summed E-state index contributed by atoms with van der Waals surface area (Å²) in [4.78, 5) is 12.4. The molecule has 0 aromatic heterocycles. The number of ether oxygens (including phenoxy) is 2. The van der Waals surface area contributed by atoms with Crippen molar-refractivity contribution in [3.8, 4) is 11.5 Å². The fourth-order valence-electron chi connectivity index (χ4n) is 2.08. The van der Waals surface area contributed by atoms with Crippen LogP contribution in [0.1, 0.15) is 15.9 Å². The van der Waals surface area contributed by atoms with E-state index in [4.69, 9.17) is 9.47 Å². The molecule has 0 fully saturated rings. The van der Waals surface area contributed by atoms with Crippen LogP contribution in [0.15, 0.2) is 42.5 Å². The van der Waals surface area contributed by atoms with Gasteiger partial charge in [-0.3, -0.25) is 4.79 Å². The first-order chi connectivity index (χ1) is 10.7. The maximum absolute atomic E-state index is 12.4. The Morgan fingerprint density at radius 3 is 2.64 bits per heavy atom. The molecule has 1 amide bonds. The molecular formula is C17H19NO3S. The van der Waals surface area contributed by atoms with E-state index >= 15 is 0 Å². The van der Waals surface area contributed by atoms with E-state index in [-0.39, 0.29) is 5.91 Å². The number of rotatable bonds is 6. The first-order valence-corrected chi connectivity index (χ1v) is 8.18. The molecule has 0 aliphatic heterocycles. The number of hydrogen-bond acceptors (Lipinski definition) is 4. The van der Waals surface area contributed by atoms with Crippen LogP contribution in [0, 0.1) is 0 Å². The Balaban J connectivity index is 2.23. The van der Waals surface area contributed by atoms with Gasteiger partial charge in [-0.25, -0.2) is 0 Å². The molecule has 0 aliphatic carbocycles. The summed E-state index contributed by atoms with van der Waals surface area (Å²) in [6.45, 7) is 0. The second-order valence-corrected chi connectivity index (χ2v) is 5.52. The van der Waals surface area contributed by atoms with Crippen LogP contribution < -0.4 is 14.8 Å². The first kappa shape index (κ1) is 16.2. The van der Waals surface area contributed by atoms with E-state index in [2.05, 4.69) is 5.32 Å². The SMILES string of the molecule is COc1ccc(OC)c(NC(=O)c2cccc(CSC)c2)c1. The predicted octanol–water partition coefficient (Wildman–Crippen LogP) is 3.82. The lowest BCUT2D eigenvalue weighted by atomic mass is 10.1. The molecule has 0 saturated carbocycles. The summed E-state index contributed by atoms with van der Waals surface area (Å²) < 4.78 is 10.5. The lowest BCUT2D eigenvalue weighted by Gasteiger charge is -2.12. The Bertz CT molecular complexity index is 658. The molecule has 2 aromatic carbocycles. The zero-order chi connectivity index (χ0) is 15.9. The highest BCUT2D eigenvalue weighted by Crippen LogP contribution is 2.29. The topological polar surface area (TPSA) is 47.6 Å². The summed E-state index contributed by atoms with van der Waals surface area (Å²) in [5.74, 6) is 1.96. The van der Waals surface area contributed by atoms with Crippen molar-refractivity contribution < 1.29 is 14.3 Å². The lowest BCUT2D eigenvalue weighted by molar-refractivity contribution is 0.102. The minimum atomic E-state index is -0.172. The highest BCUT2D eigenvalue weighted by molar-refractivity contribution is 7.97. The molecule has 0 unspecified atom stereocenters. The van der Waals surface area contributed by atoms with Crippen molar-refractivity contribution in [3.63, 3.8) is 0 Å². The van der Waals surface area contributed by atoms with E-state index < -0.39 is 0 Å². The Labute approximate surface area is 134 Å². The minimum Gasteiger partial charge on any atom is -0.497 e. The van der Waals surface area contributed by atoms with Gasteiger partial charge in [0.15, 0.2) is 0 Å². The number of amides is 1. The number of carbonyl (C=O) groups excluding carboxylic acids is 1. The van der Waals surface area contributed by atoms with E-state index in [1.54, 1.807) is 50.2 Å². The van der Waals surface area contributed by atoms with Crippen LogP contribution in [0.2, 0.25) is 0 Å². The van der Waals surface area contributed by atoms with Gasteiger partial charge in [0.05, 0.1) is 19.9 Å². The van der Waals surface area contributed by atoms with Crippen molar-refractivity contribution in [2.24, 2.45) is 0 Å². The molecule has 0 radical (unpaired) electrons. The van der Waals surface area contributed by atoms with E-state index in [0.29, 0.717) is 22.7 Å². The van der Waals surface area contributed by atoms with Gasteiger partial charge in [0.2, 0.25) is 0 Å². The van der Waals surface area contributed by atoms with Gasteiger partial charge in [-0.05, 0) is 36.1 Å². The molecule has 0 atom stereocenters. The third-order valence-corrected chi connectivity index (χ3v) is 3.78. The van der Waals surface area contributed by atoms with Gasteiger partial charge in [0, 0.05) is 17.4 Å². The smallest absolute Gasteiger partial charge is 0.255 e. The average Bonchev–Trinajstić information content (AvgIpc) is 2.55. The van der Waals surface area contributed by atoms with Gasteiger partial charge in [-0.1, -0.05) is 12.1 Å². The van der Waals surface area contributed by atoms with Crippen molar-refractivity contribution in [2.45, 2.75) is 5.75 Å². The summed E-state index contributed by atoms with van der Waals surface area (Å²) in [6.07, 6.45) is 2.04.